The molecule has 1 aromatic rings. The number of benzene rings is 1. The summed E-state index contributed by atoms with van der Waals surface area (Å²) in [6, 6.07) is 5.96. The highest BCUT2D eigenvalue weighted by Crippen LogP contribution is 2.28. The highest BCUT2D eigenvalue weighted by molar-refractivity contribution is 6.01. The van der Waals surface area contributed by atoms with Gasteiger partial charge in [-0.15, -0.1) is 0 Å². The van der Waals surface area contributed by atoms with Gasteiger partial charge < -0.3 is 15.4 Å². The summed E-state index contributed by atoms with van der Waals surface area (Å²) in [6.07, 6.45) is 2.53. The van der Waals surface area contributed by atoms with E-state index in [0.29, 0.717) is 0 Å². The quantitative estimate of drug-likeness (QED) is 0.645. The third-order valence-corrected chi connectivity index (χ3v) is 3.62. The number of hydrogen-bond acceptors (Lipinski definition) is 3. The zero-order valence-corrected chi connectivity index (χ0v) is 11.8. The van der Waals surface area contributed by atoms with Crippen LogP contribution in [0.15, 0.2) is 18.2 Å². The van der Waals surface area contributed by atoms with E-state index in [1.165, 1.54) is 5.56 Å². The Morgan fingerprint density at radius 1 is 1.53 bits per heavy atom. The molecule has 0 saturated carbocycles. The summed E-state index contributed by atoms with van der Waals surface area (Å²) in [4.78, 5) is 2.32. The van der Waals surface area contributed by atoms with Gasteiger partial charge in [0.05, 0.1) is 11.8 Å². The Balaban J connectivity index is 2.28. The third-order valence-electron chi connectivity index (χ3n) is 3.62. The fraction of sp³-hybridized carbons (Fsp3) is 0.533. The maximum atomic E-state index is 7.74. The van der Waals surface area contributed by atoms with E-state index in [0.717, 1.165) is 43.8 Å². The van der Waals surface area contributed by atoms with Gasteiger partial charge in [0, 0.05) is 25.3 Å². The monoisotopic (exact) mass is 261 g/mol. The van der Waals surface area contributed by atoms with Crippen LogP contribution in [-0.4, -0.2) is 31.6 Å². The van der Waals surface area contributed by atoms with Gasteiger partial charge in [0.25, 0.3) is 0 Å². The Morgan fingerprint density at radius 3 is 3.00 bits per heavy atom. The van der Waals surface area contributed by atoms with Crippen molar-refractivity contribution in [3.63, 3.8) is 0 Å². The molecule has 2 rings (SSSR count). The van der Waals surface area contributed by atoms with Crippen molar-refractivity contribution < 1.29 is 4.74 Å². The molecule has 1 aliphatic rings. The van der Waals surface area contributed by atoms with Crippen LogP contribution in [0.1, 0.15) is 30.9 Å². The summed E-state index contributed by atoms with van der Waals surface area (Å²) in [7, 11) is 0. The first-order valence-electron chi connectivity index (χ1n) is 6.94. The lowest BCUT2D eigenvalue weighted by Gasteiger charge is -2.36. The number of nitrogen functional groups attached to an aromatic ring is 1. The van der Waals surface area contributed by atoms with E-state index in [-0.39, 0.29) is 11.9 Å². The molecule has 0 spiro atoms. The van der Waals surface area contributed by atoms with Gasteiger partial charge in [-0.1, -0.05) is 12.1 Å². The Hall–Kier alpha value is -1.55. The molecule has 1 aromatic carbocycles. The molecule has 1 unspecified atom stereocenters. The minimum atomic E-state index is 0.136. The fourth-order valence-electron chi connectivity index (χ4n) is 2.81. The van der Waals surface area contributed by atoms with Gasteiger partial charge in [-0.2, -0.15) is 0 Å². The zero-order chi connectivity index (χ0) is 13.8. The Kier molecular flexibility index (Phi) is 4.43. The average Bonchev–Trinajstić information content (AvgIpc) is 2.39. The van der Waals surface area contributed by atoms with Gasteiger partial charge in [0.15, 0.2) is 0 Å². The van der Waals surface area contributed by atoms with Crippen LogP contribution in [-0.2, 0) is 4.74 Å². The number of rotatable bonds is 4. The first-order valence-corrected chi connectivity index (χ1v) is 6.94. The number of hydrogen-bond donors (Lipinski definition) is 2. The van der Waals surface area contributed by atoms with Crippen LogP contribution in [0, 0.1) is 12.3 Å². The Labute approximate surface area is 115 Å². The van der Waals surface area contributed by atoms with E-state index < -0.39 is 0 Å². The maximum Gasteiger partial charge on any atom is 0.124 e. The van der Waals surface area contributed by atoms with Gasteiger partial charge in [-0.25, -0.2) is 0 Å². The predicted octanol–water partition coefficient (Wildman–Crippen LogP) is 2.28. The number of para-hydroxylation sites is 1. The van der Waals surface area contributed by atoms with Gasteiger partial charge in [0.1, 0.15) is 5.84 Å². The molecule has 0 aromatic heterocycles. The van der Waals surface area contributed by atoms with Crippen molar-refractivity contribution in [2.45, 2.75) is 32.8 Å². The average molecular weight is 261 g/mol. The maximum absolute atomic E-state index is 7.74. The molecular formula is C15H23N3O. The van der Waals surface area contributed by atoms with E-state index in [1.807, 2.05) is 19.1 Å². The first-order chi connectivity index (χ1) is 9.13. The lowest BCUT2D eigenvalue weighted by molar-refractivity contribution is 0.0526. The summed E-state index contributed by atoms with van der Waals surface area (Å²) in [5, 5.41) is 7.74. The van der Waals surface area contributed by atoms with E-state index in [4.69, 9.17) is 15.9 Å². The fourth-order valence-corrected chi connectivity index (χ4v) is 2.81. The zero-order valence-electron chi connectivity index (χ0n) is 11.8. The number of aryl methyl sites for hydroxylation is 1. The SMILES string of the molecule is CCOC1CCCN(c2c(C)cccc2C(=N)N)C1. The Bertz CT molecular complexity index is 457. The molecule has 4 heteroatoms. The molecule has 0 bridgehead atoms. The highest BCUT2D eigenvalue weighted by atomic mass is 16.5. The highest BCUT2D eigenvalue weighted by Gasteiger charge is 2.23. The van der Waals surface area contributed by atoms with Crippen LogP contribution < -0.4 is 10.6 Å². The topological polar surface area (TPSA) is 62.3 Å². The largest absolute Gasteiger partial charge is 0.384 e. The number of piperidine rings is 1. The second-order valence-corrected chi connectivity index (χ2v) is 5.05. The van der Waals surface area contributed by atoms with Crippen LogP contribution in [0.3, 0.4) is 0 Å². The van der Waals surface area contributed by atoms with E-state index in [1.54, 1.807) is 0 Å². The van der Waals surface area contributed by atoms with Crippen molar-refractivity contribution in [1.29, 1.82) is 5.41 Å². The van der Waals surface area contributed by atoms with Crippen molar-refractivity contribution in [1.82, 2.24) is 0 Å². The third kappa shape index (κ3) is 3.07. The molecule has 0 radical (unpaired) electrons. The van der Waals surface area contributed by atoms with Gasteiger partial charge in [-0.3, -0.25) is 5.41 Å². The molecule has 19 heavy (non-hydrogen) atoms. The van der Waals surface area contributed by atoms with Crippen molar-refractivity contribution in [2.24, 2.45) is 5.73 Å². The molecule has 1 heterocycles. The lowest BCUT2D eigenvalue weighted by Crippen LogP contribution is -2.41. The molecule has 0 amide bonds. The standard InChI is InChI=1S/C15H23N3O/c1-3-19-12-7-5-9-18(10-12)14-11(2)6-4-8-13(14)15(16)17/h4,6,8,12H,3,5,7,9-10H2,1-2H3,(H3,16,17). The minimum absolute atomic E-state index is 0.136. The minimum Gasteiger partial charge on any atom is -0.384 e. The second kappa shape index (κ2) is 6.06. The van der Waals surface area contributed by atoms with E-state index in [2.05, 4.69) is 17.9 Å². The summed E-state index contributed by atoms with van der Waals surface area (Å²) in [5.74, 6) is 0.136. The van der Waals surface area contributed by atoms with E-state index in [9.17, 15) is 0 Å². The number of nitrogens with one attached hydrogen (secondary N) is 1. The van der Waals surface area contributed by atoms with Crippen LogP contribution in [0.2, 0.25) is 0 Å². The molecule has 104 valence electrons. The number of nitrogens with two attached hydrogens (primary N) is 1. The Morgan fingerprint density at radius 2 is 2.32 bits per heavy atom. The van der Waals surface area contributed by atoms with Gasteiger partial charge in [0.2, 0.25) is 0 Å². The lowest BCUT2D eigenvalue weighted by atomic mass is 10.0. The van der Waals surface area contributed by atoms with Crippen molar-refractivity contribution in [3.8, 4) is 0 Å². The number of amidine groups is 1. The number of nitrogens with zero attached hydrogens (tertiary/aromatic N) is 1. The van der Waals surface area contributed by atoms with Crippen molar-refractivity contribution in [2.75, 3.05) is 24.6 Å². The summed E-state index contributed by atoms with van der Waals surface area (Å²) >= 11 is 0. The molecule has 1 atom stereocenters. The summed E-state index contributed by atoms with van der Waals surface area (Å²) in [6.45, 7) is 6.76. The smallest absolute Gasteiger partial charge is 0.124 e. The van der Waals surface area contributed by atoms with Gasteiger partial charge in [-0.05, 0) is 38.3 Å². The first kappa shape index (κ1) is 13.9. The molecular weight excluding hydrogens is 238 g/mol. The van der Waals surface area contributed by atoms with Crippen LogP contribution in [0.4, 0.5) is 5.69 Å². The van der Waals surface area contributed by atoms with E-state index >= 15 is 0 Å². The molecule has 1 saturated heterocycles. The predicted molar refractivity (Wildman–Crippen MR) is 79.1 cm³/mol. The van der Waals surface area contributed by atoms with Crippen LogP contribution in [0.25, 0.3) is 0 Å². The van der Waals surface area contributed by atoms with Crippen molar-refractivity contribution >= 4 is 11.5 Å². The van der Waals surface area contributed by atoms with Crippen LogP contribution in [0.5, 0.6) is 0 Å². The summed E-state index contributed by atoms with van der Waals surface area (Å²) in [5.41, 5.74) is 8.81. The van der Waals surface area contributed by atoms with Gasteiger partial charge >= 0.3 is 0 Å². The molecule has 1 fully saturated rings. The van der Waals surface area contributed by atoms with Crippen molar-refractivity contribution in [3.05, 3.63) is 29.3 Å². The normalized spacial score (nSPS) is 19.5. The molecule has 3 N–H and O–H groups in total. The second-order valence-electron chi connectivity index (χ2n) is 5.05. The van der Waals surface area contributed by atoms with Crippen LogP contribution >= 0.6 is 0 Å². The molecule has 4 nitrogen and oxygen atoms in total. The number of ether oxygens (including phenoxy) is 1. The summed E-state index contributed by atoms with van der Waals surface area (Å²) < 4.78 is 5.75. The molecule has 1 aliphatic heterocycles. The number of anilines is 1. The molecule has 0 aliphatic carbocycles.